The predicted octanol–water partition coefficient (Wildman–Crippen LogP) is 4.25. The molecule has 0 aliphatic carbocycles. The Bertz CT molecular complexity index is 444. The Hall–Kier alpha value is -1.58. The van der Waals surface area contributed by atoms with Crippen molar-refractivity contribution >= 4 is 11.4 Å². The molecule has 0 aromatic heterocycles. The van der Waals surface area contributed by atoms with E-state index in [1.807, 2.05) is 0 Å². The fourth-order valence-corrected chi connectivity index (χ4v) is 1.76. The molecule has 1 aromatic carbocycles. The Kier molecular flexibility index (Phi) is 3.99. The van der Waals surface area contributed by atoms with Crippen molar-refractivity contribution in [1.82, 2.24) is 0 Å². The second-order valence-electron chi connectivity index (χ2n) is 4.85. The Morgan fingerprint density at radius 3 is 2.11 bits per heavy atom. The van der Waals surface area contributed by atoms with Crippen LogP contribution in [0.3, 0.4) is 0 Å². The van der Waals surface area contributed by atoms with Crippen LogP contribution in [-0.2, 0) is 4.79 Å². The normalized spacial score (nSPS) is 12.3. The van der Waals surface area contributed by atoms with E-state index in [9.17, 15) is 18.0 Å². The van der Waals surface area contributed by atoms with Gasteiger partial charge in [-0.25, -0.2) is 0 Å². The van der Waals surface area contributed by atoms with E-state index in [0.29, 0.717) is 5.56 Å². The number of hydrogen-bond donors (Lipinski definition) is 0. The molecule has 0 spiro atoms. The van der Waals surface area contributed by atoms with E-state index in [0.717, 1.165) is 0 Å². The molecule has 98 valence electrons. The van der Waals surface area contributed by atoms with E-state index in [4.69, 9.17) is 0 Å². The molecule has 0 N–H and O–H groups in total. The Balaban J connectivity index is 2.91. The van der Waals surface area contributed by atoms with E-state index in [1.54, 1.807) is 30.3 Å². The van der Waals surface area contributed by atoms with Gasteiger partial charge in [0.25, 0.3) is 0 Å². The SMILES string of the molecule is C=C(C(=O)C(C)(C)CC(F)(F)F)c1ccccc1. The molecule has 0 heterocycles. The first-order chi connectivity index (χ1) is 8.13. The van der Waals surface area contributed by atoms with Crippen molar-refractivity contribution in [3.8, 4) is 0 Å². The van der Waals surface area contributed by atoms with Gasteiger partial charge in [0.2, 0.25) is 0 Å². The van der Waals surface area contributed by atoms with Crippen LogP contribution >= 0.6 is 0 Å². The first-order valence-corrected chi connectivity index (χ1v) is 5.49. The Morgan fingerprint density at radius 2 is 1.67 bits per heavy atom. The number of Topliss-reactive ketones (excluding diaryl/α,β-unsaturated/α-hetero) is 1. The van der Waals surface area contributed by atoms with Crippen LogP contribution in [0.25, 0.3) is 5.57 Å². The molecule has 0 aliphatic heterocycles. The van der Waals surface area contributed by atoms with Gasteiger partial charge in [-0.2, -0.15) is 13.2 Å². The van der Waals surface area contributed by atoms with Crippen LogP contribution in [0.4, 0.5) is 13.2 Å². The lowest BCUT2D eigenvalue weighted by Gasteiger charge is -2.25. The third kappa shape index (κ3) is 3.72. The third-order valence-corrected chi connectivity index (χ3v) is 2.65. The Labute approximate surface area is 104 Å². The van der Waals surface area contributed by atoms with Gasteiger partial charge >= 0.3 is 6.18 Å². The number of ketones is 1. The van der Waals surface area contributed by atoms with Gasteiger partial charge in [-0.15, -0.1) is 0 Å². The van der Waals surface area contributed by atoms with Gasteiger partial charge in [-0.3, -0.25) is 4.79 Å². The van der Waals surface area contributed by atoms with Gasteiger partial charge < -0.3 is 0 Å². The minimum absolute atomic E-state index is 0.116. The van der Waals surface area contributed by atoms with Gasteiger partial charge in [-0.1, -0.05) is 50.8 Å². The monoisotopic (exact) mass is 256 g/mol. The highest BCUT2D eigenvalue weighted by Gasteiger charge is 2.41. The molecule has 1 aromatic rings. The van der Waals surface area contributed by atoms with Crippen molar-refractivity contribution in [3.63, 3.8) is 0 Å². The maximum absolute atomic E-state index is 12.4. The van der Waals surface area contributed by atoms with Crippen molar-refractivity contribution in [2.45, 2.75) is 26.4 Å². The topological polar surface area (TPSA) is 17.1 Å². The second-order valence-corrected chi connectivity index (χ2v) is 4.85. The molecule has 0 radical (unpaired) electrons. The molecule has 1 nitrogen and oxygen atoms in total. The maximum atomic E-state index is 12.4. The predicted molar refractivity (Wildman–Crippen MR) is 64.9 cm³/mol. The lowest BCUT2D eigenvalue weighted by molar-refractivity contribution is -0.160. The van der Waals surface area contributed by atoms with Gasteiger partial charge in [0.05, 0.1) is 6.42 Å². The van der Waals surface area contributed by atoms with E-state index in [2.05, 4.69) is 6.58 Å². The van der Waals surface area contributed by atoms with Crippen LogP contribution in [0.2, 0.25) is 0 Å². The smallest absolute Gasteiger partial charge is 0.294 e. The number of allylic oxidation sites excluding steroid dienone is 1. The van der Waals surface area contributed by atoms with Crippen LogP contribution in [0.15, 0.2) is 36.9 Å². The molecule has 0 atom stereocenters. The van der Waals surface area contributed by atoms with Gasteiger partial charge in [0.15, 0.2) is 5.78 Å². The number of carbonyl (C=O) groups is 1. The van der Waals surface area contributed by atoms with Crippen LogP contribution < -0.4 is 0 Å². The first kappa shape index (κ1) is 14.5. The highest BCUT2D eigenvalue weighted by atomic mass is 19.4. The number of carbonyl (C=O) groups excluding carboxylic acids is 1. The molecule has 0 aliphatic rings. The average Bonchev–Trinajstić information content (AvgIpc) is 2.25. The molecule has 0 amide bonds. The summed E-state index contributed by atoms with van der Waals surface area (Å²) in [4.78, 5) is 12.0. The fraction of sp³-hybridized carbons (Fsp3) is 0.357. The van der Waals surface area contributed by atoms with Crippen LogP contribution in [0, 0.1) is 5.41 Å². The van der Waals surface area contributed by atoms with Crippen molar-refractivity contribution in [3.05, 3.63) is 42.5 Å². The molecule has 18 heavy (non-hydrogen) atoms. The average molecular weight is 256 g/mol. The number of halogens is 3. The van der Waals surface area contributed by atoms with Crippen LogP contribution in [0.5, 0.6) is 0 Å². The molecule has 4 heteroatoms. The van der Waals surface area contributed by atoms with Gasteiger partial charge in [0.1, 0.15) is 0 Å². The molecular formula is C14H15F3O. The van der Waals surface area contributed by atoms with Crippen molar-refractivity contribution in [2.75, 3.05) is 0 Å². The molecule has 0 saturated heterocycles. The maximum Gasteiger partial charge on any atom is 0.390 e. The van der Waals surface area contributed by atoms with Crippen molar-refractivity contribution in [2.24, 2.45) is 5.41 Å². The zero-order chi connectivity index (χ0) is 14.0. The molecule has 0 unspecified atom stereocenters. The number of rotatable bonds is 4. The number of benzene rings is 1. The molecule has 0 bridgehead atoms. The summed E-state index contributed by atoms with van der Waals surface area (Å²) >= 11 is 0. The standard InChI is InChI=1S/C14H15F3O/c1-10(11-7-5-4-6-8-11)12(18)13(2,3)9-14(15,16)17/h4-8H,1,9H2,2-3H3. The van der Waals surface area contributed by atoms with E-state index < -0.39 is 23.8 Å². The van der Waals surface area contributed by atoms with E-state index >= 15 is 0 Å². The van der Waals surface area contributed by atoms with Crippen LogP contribution in [0.1, 0.15) is 25.8 Å². The number of hydrogen-bond acceptors (Lipinski definition) is 1. The van der Waals surface area contributed by atoms with Crippen molar-refractivity contribution in [1.29, 1.82) is 0 Å². The van der Waals surface area contributed by atoms with E-state index in [-0.39, 0.29) is 5.57 Å². The largest absolute Gasteiger partial charge is 0.390 e. The highest BCUT2D eigenvalue weighted by Crippen LogP contribution is 2.36. The summed E-state index contributed by atoms with van der Waals surface area (Å²) in [5, 5.41) is 0. The summed E-state index contributed by atoms with van der Waals surface area (Å²) in [7, 11) is 0. The molecule has 1 rings (SSSR count). The number of alkyl halides is 3. The van der Waals surface area contributed by atoms with Crippen molar-refractivity contribution < 1.29 is 18.0 Å². The molecule has 0 fully saturated rings. The molecular weight excluding hydrogens is 241 g/mol. The minimum Gasteiger partial charge on any atom is -0.294 e. The third-order valence-electron chi connectivity index (χ3n) is 2.65. The lowest BCUT2D eigenvalue weighted by atomic mass is 9.79. The lowest BCUT2D eigenvalue weighted by Crippen LogP contribution is -2.31. The summed E-state index contributed by atoms with van der Waals surface area (Å²) < 4.78 is 37.2. The summed E-state index contributed by atoms with van der Waals surface area (Å²) in [6, 6.07) is 8.50. The fourth-order valence-electron chi connectivity index (χ4n) is 1.76. The summed E-state index contributed by atoms with van der Waals surface area (Å²) in [6.45, 7) is 6.18. The summed E-state index contributed by atoms with van der Waals surface area (Å²) in [5.74, 6) is -0.578. The van der Waals surface area contributed by atoms with Gasteiger partial charge in [0, 0.05) is 11.0 Å². The second kappa shape index (κ2) is 4.96. The summed E-state index contributed by atoms with van der Waals surface area (Å²) in [5.41, 5.74) is -0.826. The Morgan fingerprint density at radius 1 is 1.17 bits per heavy atom. The first-order valence-electron chi connectivity index (χ1n) is 5.49. The zero-order valence-corrected chi connectivity index (χ0v) is 10.3. The highest BCUT2D eigenvalue weighted by molar-refractivity contribution is 6.22. The quantitative estimate of drug-likeness (QED) is 0.736. The summed E-state index contributed by atoms with van der Waals surface area (Å²) in [6.07, 6.45) is -5.51. The van der Waals surface area contributed by atoms with Crippen LogP contribution in [-0.4, -0.2) is 12.0 Å². The van der Waals surface area contributed by atoms with E-state index in [1.165, 1.54) is 13.8 Å². The van der Waals surface area contributed by atoms with Gasteiger partial charge in [-0.05, 0) is 5.56 Å². The zero-order valence-electron chi connectivity index (χ0n) is 10.3. The molecule has 0 saturated carbocycles. The minimum atomic E-state index is -4.36.